The summed E-state index contributed by atoms with van der Waals surface area (Å²) in [5.41, 5.74) is 1.87. The first-order valence-electron chi connectivity index (χ1n) is 11.2. The minimum absolute atomic E-state index is 0.121. The Morgan fingerprint density at radius 1 is 1.19 bits per heavy atom. The number of halogens is 1. The molecule has 2 saturated heterocycles. The van der Waals surface area contributed by atoms with Crippen molar-refractivity contribution in [2.45, 2.75) is 50.5 Å². The average molecular weight is 443 g/mol. The monoisotopic (exact) mass is 442 g/mol. The van der Waals surface area contributed by atoms with Crippen molar-refractivity contribution in [2.24, 2.45) is 0 Å². The molecule has 2 aliphatic rings. The van der Waals surface area contributed by atoms with E-state index in [-0.39, 0.29) is 11.2 Å². The Labute approximate surface area is 189 Å². The quantitative estimate of drug-likeness (QED) is 0.659. The summed E-state index contributed by atoms with van der Waals surface area (Å²) in [4.78, 5) is 7.03. The number of thiocarbonyl (C=S) groups is 1. The Bertz CT molecular complexity index is 868. The molecule has 31 heavy (non-hydrogen) atoms. The number of rotatable bonds is 5. The Kier molecular flexibility index (Phi) is 7.02. The number of benzene rings is 1. The van der Waals surface area contributed by atoms with E-state index in [1.807, 2.05) is 24.4 Å². The van der Waals surface area contributed by atoms with Gasteiger partial charge in [0.2, 0.25) is 0 Å². The molecule has 0 bridgehead atoms. The van der Waals surface area contributed by atoms with Crippen molar-refractivity contribution in [1.82, 2.24) is 10.3 Å². The Hall–Kier alpha value is -2.25. The fourth-order valence-electron chi connectivity index (χ4n) is 4.63. The molecular formula is C24H31FN4OS. The van der Waals surface area contributed by atoms with Gasteiger partial charge in [0.1, 0.15) is 11.6 Å². The van der Waals surface area contributed by atoms with Crippen LogP contribution in [0.3, 0.4) is 0 Å². The van der Waals surface area contributed by atoms with E-state index in [0.29, 0.717) is 30.9 Å². The standard InChI is InChI=1S/C24H31FN4OS/c1-18-4-2-3-13-29(18)22-10-9-21(16-26-22)28-23(31)27-17-24(11-14-30-15-12-24)19-5-7-20(25)8-6-19/h5-10,16,18H,2-4,11-15,17H2,1H3,(H2,27,28,31)/t18-/m0/s1. The van der Waals surface area contributed by atoms with Crippen LogP contribution in [0.4, 0.5) is 15.9 Å². The van der Waals surface area contributed by atoms with Crippen LogP contribution in [-0.2, 0) is 10.2 Å². The summed E-state index contributed by atoms with van der Waals surface area (Å²) in [6.45, 7) is 5.39. The fraction of sp³-hybridized carbons (Fsp3) is 0.500. The van der Waals surface area contributed by atoms with Gasteiger partial charge in [-0.15, -0.1) is 0 Å². The van der Waals surface area contributed by atoms with Gasteiger partial charge in [-0.05, 0) is 81.1 Å². The van der Waals surface area contributed by atoms with Gasteiger partial charge in [0, 0.05) is 37.8 Å². The van der Waals surface area contributed by atoms with Crippen molar-refractivity contribution >= 4 is 28.8 Å². The zero-order valence-corrected chi connectivity index (χ0v) is 18.9. The van der Waals surface area contributed by atoms with Crippen molar-refractivity contribution in [1.29, 1.82) is 0 Å². The number of piperidine rings is 1. The molecule has 0 spiro atoms. The van der Waals surface area contributed by atoms with Gasteiger partial charge in [-0.1, -0.05) is 12.1 Å². The number of hydrogen-bond acceptors (Lipinski definition) is 4. The van der Waals surface area contributed by atoms with E-state index in [9.17, 15) is 4.39 Å². The van der Waals surface area contributed by atoms with Gasteiger partial charge in [0.05, 0.1) is 11.9 Å². The third kappa shape index (κ3) is 5.33. The molecule has 1 atom stereocenters. The number of ether oxygens (including phenoxy) is 1. The van der Waals surface area contributed by atoms with Crippen LogP contribution in [0.25, 0.3) is 0 Å². The van der Waals surface area contributed by atoms with Gasteiger partial charge in [-0.2, -0.15) is 0 Å². The van der Waals surface area contributed by atoms with Gasteiger partial charge in [-0.3, -0.25) is 0 Å². The smallest absolute Gasteiger partial charge is 0.170 e. The summed E-state index contributed by atoms with van der Waals surface area (Å²) in [5, 5.41) is 7.19. The van der Waals surface area contributed by atoms with Gasteiger partial charge < -0.3 is 20.3 Å². The number of aromatic nitrogens is 1. The van der Waals surface area contributed by atoms with Gasteiger partial charge in [-0.25, -0.2) is 9.37 Å². The maximum atomic E-state index is 13.4. The summed E-state index contributed by atoms with van der Waals surface area (Å²) in [6.07, 6.45) is 7.33. The molecule has 2 aromatic rings. The lowest BCUT2D eigenvalue weighted by atomic mass is 9.74. The lowest BCUT2D eigenvalue weighted by molar-refractivity contribution is 0.0515. The third-order valence-electron chi connectivity index (χ3n) is 6.60. The minimum atomic E-state index is -0.217. The molecule has 0 unspecified atom stereocenters. The summed E-state index contributed by atoms with van der Waals surface area (Å²) >= 11 is 5.55. The third-order valence-corrected chi connectivity index (χ3v) is 6.84. The van der Waals surface area contributed by atoms with Gasteiger partial charge in [0.25, 0.3) is 0 Å². The Balaban J connectivity index is 1.37. The topological polar surface area (TPSA) is 49.4 Å². The van der Waals surface area contributed by atoms with Crippen LogP contribution in [0.1, 0.15) is 44.6 Å². The molecule has 0 amide bonds. The highest BCUT2D eigenvalue weighted by Gasteiger charge is 2.34. The fourth-order valence-corrected chi connectivity index (χ4v) is 4.82. The lowest BCUT2D eigenvalue weighted by Crippen LogP contribution is -2.45. The van der Waals surface area contributed by atoms with Crippen LogP contribution in [0.15, 0.2) is 42.6 Å². The Morgan fingerprint density at radius 3 is 2.65 bits per heavy atom. The van der Waals surface area contributed by atoms with Crippen LogP contribution in [0, 0.1) is 5.82 Å². The van der Waals surface area contributed by atoms with E-state index in [1.54, 1.807) is 0 Å². The average Bonchev–Trinajstić information content (AvgIpc) is 2.80. The van der Waals surface area contributed by atoms with Crippen LogP contribution in [0.5, 0.6) is 0 Å². The molecule has 166 valence electrons. The maximum absolute atomic E-state index is 13.4. The molecule has 1 aromatic heterocycles. The summed E-state index contributed by atoms with van der Waals surface area (Å²) < 4.78 is 19.0. The first kappa shape index (κ1) is 22.0. The molecule has 0 aliphatic carbocycles. The van der Waals surface area contributed by atoms with E-state index in [0.717, 1.165) is 36.5 Å². The molecule has 3 heterocycles. The lowest BCUT2D eigenvalue weighted by Gasteiger charge is -2.38. The number of pyridine rings is 1. The highest BCUT2D eigenvalue weighted by atomic mass is 32.1. The predicted molar refractivity (Wildman–Crippen MR) is 127 cm³/mol. The van der Waals surface area contributed by atoms with Crippen LogP contribution >= 0.6 is 12.2 Å². The zero-order chi connectivity index (χ0) is 21.7. The highest BCUT2D eigenvalue weighted by Crippen LogP contribution is 2.34. The molecule has 0 radical (unpaired) electrons. The second-order valence-corrected chi connectivity index (χ2v) is 9.06. The highest BCUT2D eigenvalue weighted by molar-refractivity contribution is 7.80. The van der Waals surface area contributed by atoms with E-state index in [2.05, 4.69) is 33.5 Å². The van der Waals surface area contributed by atoms with Crippen LogP contribution in [-0.4, -0.2) is 42.4 Å². The minimum Gasteiger partial charge on any atom is -0.381 e. The number of anilines is 2. The van der Waals surface area contributed by atoms with Crippen molar-refractivity contribution in [3.8, 4) is 0 Å². The zero-order valence-electron chi connectivity index (χ0n) is 18.1. The summed E-state index contributed by atoms with van der Waals surface area (Å²) in [7, 11) is 0. The van der Waals surface area contributed by atoms with Crippen LogP contribution < -0.4 is 15.5 Å². The molecular weight excluding hydrogens is 411 g/mol. The van der Waals surface area contributed by atoms with E-state index in [1.165, 1.54) is 31.4 Å². The SMILES string of the molecule is C[C@H]1CCCCN1c1ccc(NC(=S)NCC2(c3ccc(F)cc3)CCOCC2)cn1. The van der Waals surface area contributed by atoms with Crippen LogP contribution in [0.2, 0.25) is 0 Å². The molecule has 2 aliphatic heterocycles. The molecule has 1 aromatic carbocycles. The number of hydrogen-bond donors (Lipinski definition) is 2. The first-order chi connectivity index (χ1) is 15.1. The largest absolute Gasteiger partial charge is 0.381 e. The van der Waals surface area contributed by atoms with Crippen molar-refractivity contribution in [3.63, 3.8) is 0 Å². The van der Waals surface area contributed by atoms with Gasteiger partial charge >= 0.3 is 0 Å². The normalized spacial score (nSPS) is 20.8. The first-order valence-corrected chi connectivity index (χ1v) is 11.6. The second-order valence-electron chi connectivity index (χ2n) is 8.65. The van der Waals surface area contributed by atoms with E-state index >= 15 is 0 Å². The molecule has 5 nitrogen and oxygen atoms in total. The summed E-state index contributed by atoms with van der Waals surface area (Å²) in [5.74, 6) is 0.806. The number of nitrogens with zero attached hydrogens (tertiary/aromatic N) is 2. The van der Waals surface area contributed by atoms with Crippen molar-refractivity contribution in [2.75, 3.05) is 36.5 Å². The van der Waals surface area contributed by atoms with Gasteiger partial charge in [0.15, 0.2) is 5.11 Å². The van der Waals surface area contributed by atoms with E-state index < -0.39 is 0 Å². The Morgan fingerprint density at radius 2 is 1.97 bits per heavy atom. The summed E-state index contributed by atoms with van der Waals surface area (Å²) in [6, 6.07) is 11.4. The molecule has 2 N–H and O–H groups in total. The number of nitrogens with one attached hydrogen (secondary N) is 2. The molecule has 2 fully saturated rings. The second kappa shape index (κ2) is 9.92. The molecule has 7 heteroatoms. The predicted octanol–water partition coefficient (Wildman–Crippen LogP) is 4.63. The molecule has 4 rings (SSSR count). The van der Waals surface area contributed by atoms with E-state index in [4.69, 9.17) is 17.0 Å². The van der Waals surface area contributed by atoms with Crippen molar-refractivity contribution in [3.05, 3.63) is 54.0 Å². The maximum Gasteiger partial charge on any atom is 0.170 e. The molecule has 0 saturated carbocycles. The van der Waals surface area contributed by atoms with Crippen molar-refractivity contribution < 1.29 is 9.13 Å².